The van der Waals surface area contributed by atoms with Crippen LogP contribution < -0.4 is 4.74 Å². The molecule has 0 aliphatic rings. The van der Waals surface area contributed by atoms with Gasteiger partial charge >= 0.3 is 0 Å². The number of halogens is 1. The molecule has 0 amide bonds. The summed E-state index contributed by atoms with van der Waals surface area (Å²) in [6.45, 7) is 0.257. The molecule has 21 heavy (non-hydrogen) atoms. The van der Waals surface area contributed by atoms with Gasteiger partial charge in [-0.25, -0.2) is 4.39 Å². The summed E-state index contributed by atoms with van der Waals surface area (Å²) in [7, 11) is 0. The first-order chi connectivity index (χ1) is 10.2. The first-order valence-electron chi connectivity index (χ1n) is 6.49. The lowest BCUT2D eigenvalue weighted by Crippen LogP contribution is -1.97. The summed E-state index contributed by atoms with van der Waals surface area (Å²) >= 11 is 0. The minimum Gasteiger partial charge on any atom is -0.508 e. The standard InChI is InChI=1S/C17H15FO3/c18-15-6-9-17(14(11-15)3-1-2-10-19)21-12-13-4-7-16(20)8-5-13/h4-9,11,19-20H,2,10,12H2. The predicted octanol–water partition coefficient (Wildman–Crippen LogP) is 2.84. The molecule has 0 unspecified atom stereocenters. The maximum absolute atomic E-state index is 13.3. The van der Waals surface area contributed by atoms with Crippen LogP contribution in [0.2, 0.25) is 0 Å². The molecule has 0 heterocycles. The van der Waals surface area contributed by atoms with Crippen LogP contribution in [0, 0.1) is 17.7 Å². The second-order valence-corrected chi connectivity index (χ2v) is 4.37. The van der Waals surface area contributed by atoms with Crippen molar-refractivity contribution in [2.75, 3.05) is 6.61 Å². The van der Waals surface area contributed by atoms with Gasteiger partial charge in [0.2, 0.25) is 0 Å². The summed E-state index contributed by atoms with van der Waals surface area (Å²) in [6.07, 6.45) is 0.327. The molecule has 0 aliphatic carbocycles. The maximum atomic E-state index is 13.3. The second kappa shape index (κ2) is 7.32. The quantitative estimate of drug-likeness (QED) is 0.850. The van der Waals surface area contributed by atoms with E-state index in [1.807, 2.05) is 0 Å². The molecular formula is C17H15FO3. The highest BCUT2D eigenvalue weighted by molar-refractivity contribution is 5.46. The van der Waals surface area contributed by atoms with Crippen LogP contribution in [0.5, 0.6) is 11.5 Å². The Morgan fingerprint density at radius 3 is 2.57 bits per heavy atom. The van der Waals surface area contributed by atoms with Crippen molar-refractivity contribution in [3.63, 3.8) is 0 Å². The van der Waals surface area contributed by atoms with E-state index in [-0.39, 0.29) is 18.2 Å². The fraction of sp³-hybridized carbons (Fsp3) is 0.176. The molecule has 0 atom stereocenters. The molecule has 0 saturated heterocycles. The SMILES string of the molecule is OCCC#Cc1cc(F)ccc1OCc1ccc(O)cc1. The molecule has 2 rings (SSSR count). The fourth-order valence-corrected chi connectivity index (χ4v) is 1.69. The number of benzene rings is 2. The Kier molecular flexibility index (Phi) is 5.19. The minimum absolute atomic E-state index is 0.0357. The Hall–Kier alpha value is -2.51. The molecule has 108 valence electrons. The summed E-state index contributed by atoms with van der Waals surface area (Å²) in [6, 6.07) is 10.8. The summed E-state index contributed by atoms with van der Waals surface area (Å²) in [5, 5.41) is 17.9. The lowest BCUT2D eigenvalue weighted by Gasteiger charge is -2.08. The van der Waals surface area contributed by atoms with E-state index in [1.54, 1.807) is 24.3 Å². The van der Waals surface area contributed by atoms with Crippen molar-refractivity contribution < 1.29 is 19.3 Å². The largest absolute Gasteiger partial charge is 0.508 e. The van der Waals surface area contributed by atoms with Gasteiger partial charge in [0, 0.05) is 6.42 Å². The van der Waals surface area contributed by atoms with Crippen LogP contribution in [0.1, 0.15) is 17.5 Å². The molecule has 3 nitrogen and oxygen atoms in total. The van der Waals surface area contributed by atoms with E-state index >= 15 is 0 Å². The Morgan fingerprint density at radius 1 is 1.10 bits per heavy atom. The van der Waals surface area contributed by atoms with Gasteiger partial charge in [-0.05, 0) is 35.9 Å². The lowest BCUT2D eigenvalue weighted by molar-refractivity contribution is 0.304. The summed E-state index contributed by atoms with van der Waals surface area (Å²) in [4.78, 5) is 0. The molecule has 2 aromatic carbocycles. The maximum Gasteiger partial charge on any atom is 0.135 e. The number of phenolic OH excluding ortho intramolecular Hbond substituents is 1. The van der Waals surface area contributed by atoms with Crippen LogP contribution in [-0.4, -0.2) is 16.8 Å². The number of aliphatic hydroxyl groups is 1. The molecule has 4 heteroatoms. The predicted molar refractivity (Wildman–Crippen MR) is 77.4 cm³/mol. The van der Waals surface area contributed by atoms with Crippen LogP contribution >= 0.6 is 0 Å². The van der Waals surface area contributed by atoms with Crippen molar-refractivity contribution in [3.8, 4) is 23.3 Å². The topological polar surface area (TPSA) is 49.7 Å². The van der Waals surface area contributed by atoms with Gasteiger partial charge in [0.05, 0.1) is 12.2 Å². The first kappa shape index (κ1) is 14.9. The van der Waals surface area contributed by atoms with Gasteiger partial charge in [-0.3, -0.25) is 0 Å². The Balaban J connectivity index is 2.12. The molecule has 0 aliphatic heterocycles. The summed E-state index contributed by atoms with van der Waals surface area (Å²) in [5.74, 6) is 5.81. The number of rotatable bonds is 4. The van der Waals surface area contributed by atoms with E-state index in [0.717, 1.165) is 5.56 Å². The van der Waals surface area contributed by atoms with Gasteiger partial charge < -0.3 is 14.9 Å². The number of phenols is 1. The van der Waals surface area contributed by atoms with Crippen molar-refractivity contribution in [2.45, 2.75) is 13.0 Å². The number of ether oxygens (including phenoxy) is 1. The first-order valence-corrected chi connectivity index (χ1v) is 6.49. The molecule has 0 bridgehead atoms. The monoisotopic (exact) mass is 286 g/mol. The normalized spacial score (nSPS) is 9.81. The number of aromatic hydroxyl groups is 1. The number of hydrogen-bond donors (Lipinski definition) is 2. The van der Waals surface area contributed by atoms with Crippen LogP contribution in [0.3, 0.4) is 0 Å². The van der Waals surface area contributed by atoms with Gasteiger partial charge in [0.25, 0.3) is 0 Å². The Morgan fingerprint density at radius 2 is 1.86 bits per heavy atom. The third-order valence-electron chi connectivity index (χ3n) is 2.73. The summed E-state index contributed by atoms with van der Waals surface area (Å²) in [5.41, 5.74) is 1.33. The molecule has 0 spiro atoms. The van der Waals surface area contributed by atoms with Crippen LogP contribution in [-0.2, 0) is 6.61 Å². The van der Waals surface area contributed by atoms with Crippen LogP contribution in [0.25, 0.3) is 0 Å². The highest BCUT2D eigenvalue weighted by atomic mass is 19.1. The third-order valence-corrected chi connectivity index (χ3v) is 2.73. The smallest absolute Gasteiger partial charge is 0.135 e. The van der Waals surface area contributed by atoms with Gasteiger partial charge in [-0.1, -0.05) is 24.0 Å². The van der Waals surface area contributed by atoms with E-state index in [4.69, 9.17) is 9.84 Å². The van der Waals surface area contributed by atoms with E-state index < -0.39 is 0 Å². The highest BCUT2D eigenvalue weighted by Gasteiger charge is 2.04. The third kappa shape index (κ3) is 4.51. The van der Waals surface area contributed by atoms with Gasteiger partial charge in [0.15, 0.2) is 0 Å². The van der Waals surface area contributed by atoms with Crippen LogP contribution in [0.4, 0.5) is 4.39 Å². The molecule has 0 fully saturated rings. The van der Waals surface area contributed by atoms with Gasteiger partial charge in [-0.15, -0.1) is 0 Å². The highest BCUT2D eigenvalue weighted by Crippen LogP contribution is 2.20. The van der Waals surface area contributed by atoms with Crippen molar-refractivity contribution in [3.05, 3.63) is 59.4 Å². The van der Waals surface area contributed by atoms with E-state index in [9.17, 15) is 9.50 Å². The molecule has 0 aromatic heterocycles. The molecular weight excluding hydrogens is 271 g/mol. The van der Waals surface area contributed by atoms with Crippen molar-refractivity contribution >= 4 is 0 Å². The minimum atomic E-state index is -0.389. The van der Waals surface area contributed by atoms with Crippen LogP contribution in [0.15, 0.2) is 42.5 Å². The number of aliphatic hydroxyl groups excluding tert-OH is 1. The van der Waals surface area contributed by atoms with Gasteiger partial charge in [0.1, 0.15) is 23.9 Å². The van der Waals surface area contributed by atoms with E-state index in [0.29, 0.717) is 24.3 Å². The average Bonchev–Trinajstić information content (AvgIpc) is 2.48. The number of hydrogen-bond acceptors (Lipinski definition) is 3. The Bertz CT molecular complexity index is 654. The Labute approximate surface area is 122 Å². The summed E-state index contributed by atoms with van der Waals surface area (Å²) < 4.78 is 18.9. The molecule has 0 radical (unpaired) electrons. The zero-order valence-electron chi connectivity index (χ0n) is 11.3. The lowest BCUT2D eigenvalue weighted by atomic mass is 10.2. The molecule has 2 aromatic rings. The van der Waals surface area contributed by atoms with Crippen molar-refractivity contribution in [2.24, 2.45) is 0 Å². The van der Waals surface area contributed by atoms with E-state index in [1.165, 1.54) is 18.2 Å². The average molecular weight is 286 g/mol. The second-order valence-electron chi connectivity index (χ2n) is 4.37. The molecule has 2 N–H and O–H groups in total. The molecule has 0 saturated carbocycles. The van der Waals surface area contributed by atoms with E-state index in [2.05, 4.69) is 11.8 Å². The zero-order valence-corrected chi connectivity index (χ0v) is 11.3. The van der Waals surface area contributed by atoms with Crippen molar-refractivity contribution in [1.29, 1.82) is 0 Å². The van der Waals surface area contributed by atoms with Crippen molar-refractivity contribution in [1.82, 2.24) is 0 Å². The zero-order chi connectivity index (χ0) is 15.1. The fourth-order valence-electron chi connectivity index (χ4n) is 1.69. The van der Waals surface area contributed by atoms with Gasteiger partial charge in [-0.2, -0.15) is 0 Å².